The van der Waals surface area contributed by atoms with Crippen LogP contribution in [-0.4, -0.2) is 36.9 Å². The number of hydrogen-bond donors (Lipinski definition) is 2. The lowest BCUT2D eigenvalue weighted by molar-refractivity contribution is -0.153. The van der Waals surface area contributed by atoms with Crippen molar-refractivity contribution in [3.8, 4) is 5.75 Å². The van der Waals surface area contributed by atoms with E-state index in [1.165, 1.54) is 18.2 Å². The van der Waals surface area contributed by atoms with E-state index in [0.717, 1.165) is 0 Å². The Morgan fingerprint density at radius 1 is 1.37 bits per heavy atom. The van der Waals surface area contributed by atoms with Gasteiger partial charge in [-0.1, -0.05) is 12.1 Å². The summed E-state index contributed by atoms with van der Waals surface area (Å²) in [6.07, 6.45) is -4.38. The summed E-state index contributed by atoms with van der Waals surface area (Å²) in [6, 6.07) is 5.89. The minimum Gasteiger partial charge on any atom is -0.484 e. The Bertz CT molecular complexity index is 421. The van der Waals surface area contributed by atoms with Gasteiger partial charge in [0.05, 0.1) is 13.0 Å². The van der Waals surface area contributed by atoms with E-state index >= 15 is 0 Å². The van der Waals surface area contributed by atoms with Crippen LogP contribution in [-0.2, 0) is 11.2 Å². The topological polar surface area (TPSA) is 58.6 Å². The first-order chi connectivity index (χ1) is 8.90. The molecule has 0 atom stereocenters. The highest BCUT2D eigenvalue weighted by Gasteiger charge is 2.28. The molecule has 19 heavy (non-hydrogen) atoms. The second-order valence-corrected chi connectivity index (χ2v) is 3.80. The van der Waals surface area contributed by atoms with Gasteiger partial charge in [-0.3, -0.25) is 4.79 Å². The van der Waals surface area contributed by atoms with Crippen molar-refractivity contribution >= 4 is 5.91 Å². The molecule has 0 aromatic heterocycles. The zero-order valence-electron chi connectivity index (χ0n) is 10.0. The Morgan fingerprint density at radius 3 is 2.74 bits per heavy atom. The Balaban J connectivity index is 2.54. The molecule has 0 radical (unpaired) electrons. The molecular formula is C12H14F3NO3. The summed E-state index contributed by atoms with van der Waals surface area (Å²) < 4.78 is 40.5. The van der Waals surface area contributed by atoms with Gasteiger partial charge in [0.1, 0.15) is 5.75 Å². The van der Waals surface area contributed by atoms with E-state index in [0.29, 0.717) is 5.56 Å². The maximum absolute atomic E-state index is 12.0. The molecule has 0 saturated heterocycles. The molecule has 0 fully saturated rings. The van der Waals surface area contributed by atoms with E-state index < -0.39 is 12.8 Å². The molecular weight excluding hydrogens is 263 g/mol. The number of amides is 1. The number of ether oxygens (including phenoxy) is 1. The first kappa shape index (κ1) is 15.3. The number of carbonyl (C=O) groups excluding carboxylic acids is 1. The van der Waals surface area contributed by atoms with Crippen LogP contribution in [0, 0.1) is 0 Å². The molecule has 2 N–H and O–H groups in total. The number of aliphatic hydroxyl groups is 1. The number of hydrogen-bond acceptors (Lipinski definition) is 3. The fraction of sp³-hybridized carbons (Fsp3) is 0.417. The molecule has 0 aliphatic heterocycles. The highest BCUT2D eigenvalue weighted by Crippen LogP contribution is 2.19. The predicted octanol–water partition coefficient (Wildman–Crippen LogP) is 1.28. The first-order valence-corrected chi connectivity index (χ1v) is 5.57. The van der Waals surface area contributed by atoms with Crippen molar-refractivity contribution in [3.63, 3.8) is 0 Å². The van der Waals surface area contributed by atoms with Gasteiger partial charge in [0.25, 0.3) is 0 Å². The number of rotatable bonds is 6. The van der Waals surface area contributed by atoms with E-state index in [1.807, 2.05) is 0 Å². The van der Waals surface area contributed by atoms with Crippen molar-refractivity contribution in [3.05, 3.63) is 29.8 Å². The number of halogens is 3. The molecule has 4 nitrogen and oxygen atoms in total. The number of nitrogens with one attached hydrogen (secondary N) is 1. The van der Waals surface area contributed by atoms with E-state index in [2.05, 4.69) is 10.1 Å². The third-order valence-electron chi connectivity index (χ3n) is 2.10. The van der Waals surface area contributed by atoms with Crippen molar-refractivity contribution in [2.75, 3.05) is 19.8 Å². The van der Waals surface area contributed by atoms with E-state index in [1.54, 1.807) is 6.07 Å². The summed E-state index contributed by atoms with van der Waals surface area (Å²) in [7, 11) is 0. The molecule has 0 aliphatic carbocycles. The fourth-order valence-corrected chi connectivity index (χ4v) is 1.35. The van der Waals surface area contributed by atoms with Crippen LogP contribution in [0.25, 0.3) is 0 Å². The van der Waals surface area contributed by atoms with Crippen molar-refractivity contribution < 1.29 is 27.8 Å². The Morgan fingerprint density at radius 2 is 2.11 bits per heavy atom. The van der Waals surface area contributed by atoms with Crippen LogP contribution in [0.1, 0.15) is 5.56 Å². The number of benzene rings is 1. The summed E-state index contributed by atoms with van der Waals surface area (Å²) in [5.74, 6) is -0.258. The van der Waals surface area contributed by atoms with E-state index in [-0.39, 0.29) is 31.2 Å². The van der Waals surface area contributed by atoms with E-state index in [4.69, 9.17) is 5.11 Å². The molecule has 106 valence electrons. The highest BCUT2D eigenvalue weighted by atomic mass is 19.4. The van der Waals surface area contributed by atoms with Crippen molar-refractivity contribution in [1.29, 1.82) is 0 Å². The largest absolute Gasteiger partial charge is 0.484 e. The lowest BCUT2D eigenvalue weighted by Crippen LogP contribution is -2.27. The third kappa shape index (κ3) is 6.66. The molecule has 0 saturated carbocycles. The second-order valence-electron chi connectivity index (χ2n) is 3.80. The molecule has 7 heteroatoms. The average Bonchev–Trinajstić information content (AvgIpc) is 2.33. The summed E-state index contributed by atoms with van der Waals surface area (Å²) in [5, 5.41) is 11.0. The van der Waals surface area contributed by atoms with Crippen molar-refractivity contribution in [1.82, 2.24) is 5.32 Å². The fourth-order valence-electron chi connectivity index (χ4n) is 1.35. The summed E-state index contributed by atoms with van der Waals surface area (Å²) in [4.78, 5) is 11.4. The van der Waals surface area contributed by atoms with Gasteiger partial charge in [0, 0.05) is 6.54 Å². The van der Waals surface area contributed by atoms with Gasteiger partial charge in [0.15, 0.2) is 6.61 Å². The lowest BCUT2D eigenvalue weighted by atomic mass is 10.1. The molecule has 0 spiro atoms. The molecule has 1 rings (SSSR count). The van der Waals surface area contributed by atoms with Gasteiger partial charge in [-0.25, -0.2) is 0 Å². The summed E-state index contributed by atoms with van der Waals surface area (Å²) in [5.41, 5.74) is 0.537. The minimum absolute atomic E-state index is 0.0171. The standard InChI is InChI=1S/C12H14F3NO3/c13-12(14,15)8-19-10-3-1-2-9(6-10)7-11(18)16-4-5-17/h1-3,6,17H,4-5,7-8H2,(H,16,18). The van der Waals surface area contributed by atoms with Gasteiger partial charge in [-0.2, -0.15) is 13.2 Å². The number of aliphatic hydroxyl groups excluding tert-OH is 1. The van der Waals surface area contributed by atoms with Crippen LogP contribution >= 0.6 is 0 Å². The molecule has 1 aromatic rings. The van der Waals surface area contributed by atoms with Gasteiger partial charge in [-0.15, -0.1) is 0 Å². The minimum atomic E-state index is -4.39. The highest BCUT2D eigenvalue weighted by molar-refractivity contribution is 5.78. The van der Waals surface area contributed by atoms with Crippen LogP contribution in [0.3, 0.4) is 0 Å². The van der Waals surface area contributed by atoms with Gasteiger partial charge in [0.2, 0.25) is 5.91 Å². The van der Waals surface area contributed by atoms with Crippen LogP contribution in [0.4, 0.5) is 13.2 Å². The lowest BCUT2D eigenvalue weighted by Gasteiger charge is -2.10. The van der Waals surface area contributed by atoms with Crippen LogP contribution in [0.5, 0.6) is 5.75 Å². The van der Waals surface area contributed by atoms with Crippen LogP contribution in [0.2, 0.25) is 0 Å². The summed E-state index contributed by atoms with van der Waals surface area (Å²) in [6.45, 7) is -1.39. The first-order valence-electron chi connectivity index (χ1n) is 5.57. The zero-order chi connectivity index (χ0) is 14.3. The molecule has 0 bridgehead atoms. The molecule has 1 aromatic carbocycles. The smallest absolute Gasteiger partial charge is 0.422 e. The van der Waals surface area contributed by atoms with Gasteiger partial charge in [-0.05, 0) is 17.7 Å². The van der Waals surface area contributed by atoms with Gasteiger partial charge >= 0.3 is 6.18 Å². The predicted molar refractivity (Wildman–Crippen MR) is 61.8 cm³/mol. The molecule has 0 aliphatic rings. The Hall–Kier alpha value is -1.76. The second kappa shape index (κ2) is 6.98. The van der Waals surface area contributed by atoms with Crippen molar-refractivity contribution in [2.24, 2.45) is 0 Å². The molecule has 0 unspecified atom stereocenters. The zero-order valence-corrected chi connectivity index (χ0v) is 10.0. The number of carbonyl (C=O) groups is 1. The Labute approximate surface area is 108 Å². The van der Waals surface area contributed by atoms with Crippen LogP contribution in [0.15, 0.2) is 24.3 Å². The molecule has 0 heterocycles. The van der Waals surface area contributed by atoms with E-state index in [9.17, 15) is 18.0 Å². The SMILES string of the molecule is O=C(Cc1cccc(OCC(F)(F)F)c1)NCCO. The molecule has 1 amide bonds. The average molecular weight is 277 g/mol. The Kier molecular flexibility index (Phi) is 5.62. The number of alkyl halides is 3. The van der Waals surface area contributed by atoms with Crippen LogP contribution < -0.4 is 10.1 Å². The monoisotopic (exact) mass is 277 g/mol. The maximum atomic E-state index is 12.0. The van der Waals surface area contributed by atoms with Gasteiger partial charge < -0.3 is 15.2 Å². The maximum Gasteiger partial charge on any atom is 0.422 e. The quantitative estimate of drug-likeness (QED) is 0.823. The normalized spacial score (nSPS) is 11.2. The summed E-state index contributed by atoms with van der Waals surface area (Å²) >= 11 is 0. The van der Waals surface area contributed by atoms with Crippen molar-refractivity contribution in [2.45, 2.75) is 12.6 Å². The third-order valence-corrected chi connectivity index (χ3v) is 2.10.